The first-order valence-electron chi connectivity index (χ1n) is 5.57. The molecule has 0 saturated carbocycles. The second-order valence-electron chi connectivity index (χ2n) is 3.78. The van der Waals surface area contributed by atoms with E-state index in [2.05, 4.69) is 31.2 Å². The van der Waals surface area contributed by atoms with Crippen LogP contribution in [0.5, 0.6) is 0 Å². The quantitative estimate of drug-likeness (QED) is 0.843. The lowest BCUT2D eigenvalue weighted by molar-refractivity contribution is 0.576. The molecule has 94 valence electrons. The molecule has 0 spiro atoms. The van der Waals surface area contributed by atoms with Gasteiger partial charge in [0.25, 0.3) is 5.56 Å². The van der Waals surface area contributed by atoms with E-state index in [9.17, 15) is 4.79 Å². The summed E-state index contributed by atoms with van der Waals surface area (Å²) in [5.41, 5.74) is 1.06. The van der Waals surface area contributed by atoms with Gasteiger partial charge in [0.05, 0.1) is 6.33 Å². The van der Waals surface area contributed by atoms with Gasteiger partial charge in [0.2, 0.25) is 0 Å². The predicted octanol–water partition coefficient (Wildman–Crippen LogP) is 1.19. The summed E-state index contributed by atoms with van der Waals surface area (Å²) in [5.74, 6) is 0. The van der Waals surface area contributed by atoms with Gasteiger partial charge in [0.1, 0.15) is 4.47 Å². The Morgan fingerprint density at radius 1 is 1.33 bits per heavy atom. The van der Waals surface area contributed by atoms with Crippen molar-refractivity contribution in [3.05, 3.63) is 57.4 Å². The van der Waals surface area contributed by atoms with E-state index < -0.39 is 0 Å². The SMILES string of the molecule is O=c1c(Br)cncn1CCNCc1cccnc1. The minimum absolute atomic E-state index is 0.0619. The number of nitrogens with one attached hydrogen (secondary N) is 1. The van der Waals surface area contributed by atoms with Crippen LogP contribution in [0.4, 0.5) is 0 Å². The van der Waals surface area contributed by atoms with Gasteiger partial charge in [-0.05, 0) is 27.6 Å². The van der Waals surface area contributed by atoms with Gasteiger partial charge in [-0.25, -0.2) is 4.98 Å². The topological polar surface area (TPSA) is 59.8 Å². The molecule has 0 saturated heterocycles. The molecule has 0 unspecified atom stereocenters. The van der Waals surface area contributed by atoms with Crippen molar-refractivity contribution < 1.29 is 0 Å². The van der Waals surface area contributed by atoms with Crippen LogP contribution in [0, 0.1) is 0 Å². The van der Waals surface area contributed by atoms with Crippen LogP contribution in [0.25, 0.3) is 0 Å². The van der Waals surface area contributed by atoms with Crippen molar-refractivity contribution in [2.75, 3.05) is 6.54 Å². The number of hydrogen-bond acceptors (Lipinski definition) is 4. The Bertz CT molecular complexity index is 556. The molecule has 0 aliphatic heterocycles. The fourth-order valence-corrected chi connectivity index (χ4v) is 1.86. The summed E-state index contributed by atoms with van der Waals surface area (Å²) < 4.78 is 2.05. The average Bonchev–Trinajstić information content (AvgIpc) is 2.40. The molecule has 0 fully saturated rings. The second kappa shape index (κ2) is 6.42. The van der Waals surface area contributed by atoms with Gasteiger partial charge >= 0.3 is 0 Å². The molecule has 6 heteroatoms. The Morgan fingerprint density at radius 3 is 3.00 bits per heavy atom. The summed E-state index contributed by atoms with van der Waals surface area (Å²) in [6, 6.07) is 3.91. The summed E-state index contributed by atoms with van der Waals surface area (Å²) in [6.45, 7) is 2.03. The fourth-order valence-electron chi connectivity index (χ4n) is 1.52. The molecule has 0 aromatic carbocycles. The number of aromatic nitrogens is 3. The molecule has 0 aliphatic carbocycles. The number of rotatable bonds is 5. The van der Waals surface area contributed by atoms with E-state index in [-0.39, 0.29) is 5.56 Å². The molecule has 18 heavy (non-hydrogen) atoms. The first kappa shape index (κ1) is 12.9. The van der Waals surface area contributed by atoms with Gasteiger partial charge in [-0.2, -0.15) is 0 Å². The van der Waals surface area contributed by atoms with Crippen molar-refractivity contribution in [3.8, 4) is 0 Å². The highest BCUT2D eigenvalue weighted by Gasteiger charge is 2.00. The zero-order chi connectivity index (χ0) is 12.8. The monoisotopic (exact) mass is 308 g/mol. The van der Waals surface area contributed by atoms with Crippen molar-refractivity contribution in [1.82, 2.24) is 19.9 Å². The minimum Gasteiger partial charge on any atom is -0.311 e. The first-order valence-corrected chi connectivity index (χ1v) is 6.36. The van der Waals surface area contributed by atoms with Gasteiger partial charge in [-0.3, -0.25) is 14.3 Å². The Kier molecular flexibility index (Phi) is 4.60. The molecule has 1 N–H and O–H groups in total. The van der Waals surface area contributed by atoms with E-state index in [1.54, 1.807) is 17.1 Å². The standard InChI is InChI=1S/C12H13BrN4O/c13-11-8-16-9-17(12(11)18)5-4-15-7-10-2-1-3-14-6-10/h1-3,6,8-9,15H,4-5,7H2. The van der Waals surface area contributed by atoms with E-state index in [0.29, 0.717) is 17.6 Å². The van der Waals surface area contributed by atoms with E-state index in [4.69, 9.17) is 0 Å². The van der Waals surface area contributed by atoms with E-state index in [0.717, 1.165) is 12.1 Å². The number of nitrogens with zero attached hydrogens (tertiary/aromatic N) is 3. The van der Waals surface area contributed by atoms with Crippen LogP contribution in [0.2, 0.25) is 0 Å². The first-order chi connectivity index (χ1) is 8.77. The van der Waals surface area contributed by atoms with Crippen LogP contribution < -0.4 is 10.9 Å². The fraction of sp³-hybridized carbons (Fsp3) is 0.250. The molecule has 2 aromatic heterocycles. The van der Waals surface area contributed by atoms with Crippen molar-refractivity contribution in [1.29, 1.82) is 0 Å². The van der Waals surface area contributed by atoms with Crippen molar-refractivity contribution in [3.63, 3.8) is 0 Å². The third-order valence-corrected chi connectivity index (χ3v) is 2.98. The summed E-state index contributed by atoms with van der Waals surface area (Å²) in [4.78, 5) is 19.7. The van der Waals surface area contributed by atoms with E-state index >= 15 is 0 Å². The molecule has 2 heterocycles. The van der Waals surface area contributed by atoms with Crippen LogP contribution in [0.15, 0.2) is 46.3 Å². The predicted molar refractivity (Wildman–Crippen MR) is 72.1 cm³/mol. The van der Waals surface area contributed by atoms with Gasteiger partial charge < -0.3 is 5.32 Å². The normalized spacial score (nSPS) is 10.5. The van der Waals surface area contributed by atoms with E-state index in [1.165, 1.54) is 6.20 Å². The molecule has 5 nitrogen and oxygen atoms in total. The second-order valence-corrected chi connectivity index (χ2v) is 4.63. The van der Waals surface area contributed by atoms with Crippen LogP contribution >= 0.6 is 15.9 Å². The molecule has 0 atom stereocenters. The Balaban J connectivity index is 1.82. The Labute approximate surface area is 113 Å². The smallest absolute Gasteiger partial charge is 0.267 e. The van der Waals surface area contributed by atoms with Gasteiger partial charge in [-0.15, -0.1) is 0 Å². The largest absolute Gasteiger partial charge is 0.311 e. The van der Waals surface area contributed by atoms with Crippen molar-refractivity contribution >= 4 is 15.9 Å². The number of hydrogen-bond donors (Lipinski definition) is 1. The molecule has 0 bridgehead atoms. The zero-order valence-corrected chi connectivity index (χ0v) is 11.3. The third kappa shape index (κ3) is 3.48. The zero-order valence-electron chi connectivity index (χ0n) is 9.71. The maximum Gasteiger partial charge on any atom is 0.267 e. The molecular formula is C12H13BrN4O. The lowest BCUT2D eigenvalue weighted by Crippen LogP contribution is -2.27. The molecule has 2 rings (SSSR count). The Morgan fingerprint density at radius 2 is 2.22 bits per heavy atom. The van der Waals surface area contributed by atoms with Gasteiger partial charge in [-0.1, -0.05) is 6.07 Å². The maximum atomic E-state index is 11.7. The molecular weight excluding hydrogens is 296 g/mol. The summed E-state index contributed by atoms with van der Waals surface area (Å²) >= 11 is 3.17. The lowest BCUT2D eigenvalue weighted by atomic mass is 10.3. The summed E-state index contributed by atoms with van der Waals surface area (Å²) in [6.07, 6.45) is 6.61. The van der Waals surface area contributed by atoms with Crippen LogP contribution in [-0.2, 0) is 13.1 Å². The van der Waals surface area contributed by atoms with Crippen LogP contribution in [0.3, 0.4) is 0 Å². The number of halogens is 1. The average molecular weight is 309 g/mol. The van der Waals surface area contributed by atoms with E-state index in [1.807, 2.05) is 18.3 Å². The minimum atomic E-state index is -0.0619. The van der Waals surface area contributed by atoms with Crippen molar-refractivity contribution in [2.45, 2.75) is 13.1 Å². The van der Waals surface area contributed by atoms with Gasteiger partial charge in [0, 0.05) is 38.2 Å². The highest BCUT2D eigenvalue weighted by Crippen LogP contribution is 1.98. The number of pyridine rings is 1. The summed E-state index contributed by atoms with van der Waals surface area (Å²) in [5, 5.41) is 3.25. The molecule has 2 aromatic rings. The highest BCUT2D eigenvalue weighted by atomic mass is 79.9. The molecule has 0 amide bonds. The third-order valence-electron chi connectivity index (χ3n) is 2.44. The van der Waals surface area contributed by atoms with Crippen molar-refractivity contribution in [2.24, 2.45) is 0 Å². The van der Waals surface area contributed by atoms with Crippen LogP contribution in [-0.4, -0.2) is 21.1 Å². The highest BCUT2D eigenvalue weighted by molar-refractivity contribution is 9.10. The molecule has 0 radical (unpaired) electrons. The summed E-state index contributed by atoms with van der Waals surface area (Å²) in [7, 11) is 0. The lowest BCUT2D eigenvalue weighted by Gasteiger charge is -2.07. The maximum absolute atomic E-state index is 11.7. The Hall–Kier alpha value is -1.53. The molecule has 0 aliphatic rings. The van der Waals surface area contributed by atoms with Crippen LogP contribution in [0.1, 0.15) is 5.56 Å². The van der Waals surface area contributed by atoms with Gasteiger partial charge in [0.15, 0.2) is 0 Å².